The average molecular weight is 221 g/mol. The zero-order chi connectivity index (χ0) is 12.0. The number of benzene rings is 1. The van der Waals surface area contributed by atoms with E-state index in [1.54, 1.807) is 0 Å². The molecule has 0 aromatic heterocycles. The van der Waals surface area contributed by atoms with E-state index in [9.17, 15) is 4.79 Å². The number of carbonyl (C=O) groups is 1. The van der Waals surface area contributed by atoms with Gasteiger partial charge in [0.15, 0.2) is 5.78 Å². The number of methoxy groups -OCH3 is 1. The molecule has 1 aromatic carbocycles. The maximum absolute atomic E-state index is 11.4. The Morgan fingerprint density at radius 2 is 1.94 bits per heavy atom. The molecule has 16 heavy (non-hydrogen) atoms. The van der Waals surface area contributed by atoms with Crippen molar-refractivity contribution in [3.05, 3.63) is 29.8 Å². The van der Waals surface area contributed by atoms with Gasteiger partial charge in [-0.3, -0.25) is 4.79 Å². The first-order valence-corrected chi connectivity index (χ1v) is 5.48. The molecular weight excluding hydrogens is 202 g/mol. The quantitative estimate of drug-likeness (QED) is 0.735. The maximum Gasteiger partial charge on any atom is 0.177 e. The molecule has 0 atom stereocenters. The van der Waals surface area contributed by atoms with Gasteiger partial charge in [-0.1, -0.05) is 19.1 Å². The third-order valence-electron chi connectivity index (χ3n) is 2.50. The fourth-order valence-electron chi connectivity index (χ4n) is 1.55. The molecule has 0 aliphatic rings. The van der Waals surface area contributed by atoms with E-state index in [2.05, 4.69) is 19.1 Å². The van der Waals surface area contributed by atoms with Crippen LogP contribution in [0, 0.1) is 0 Å². The van der Waals surface area contributed by atoms with E-state index in [-0.39, 0.29) is 12.4 Å². The molecule has 0 heterocycles. The normalized spacial score (nSPS) is 10.2. The molecule has 0 amide bonds. The summed E-state index contributed by atoms with van der Waals surface area (Å²) in [6.07, 6.45) is 1.03. The summed E-state index contributed by atoms with van der Waals surface area (Å²) in [6, 6.07) is 8.26. The SMILES string of the molecule is CCc1ccc(N(C)CC(=O)COC)cc1. The van der Waals surface area contributed by atoms with E-state index < -0.39 is 0 Å². The van der Waals surface area contributed by atoms with E-state index in [4.69, 9.17) is 4.74 Å². The Hall–Kier alpha value is -1.35. The number of ketones is 1. The predicted molar refractivity (Wildman–Crippen MR) is 66.0 cm³/mol. The Labute approximate surface area is 97.0 Å². The molecular formula is C13H19NO2. The highest BCUT2D eigenvalue weighted by atomic mass is 16.5. The minimum Gasteiger partial charge on any atom is -0.377 e. The molecule has 0 spiro atoms. The summed E-state index contributed by atoms with van der Waals surface area (Å²) in [7, 11) is 3.45. The van der Waals surface area contributed by atoms with Crippen LogP contribution in [0.1, 0.15) is 12.5 Å². The number of nitrogens with zero attached hydrogens (tertiary/aromatic N) is 1. The number of carbonyl (C=O) groups excluding carboxylic acids is 1. The molecule has 0 N–H and O–H groups in total. The van der Waals surface area contributed by atoms with E-state index >= 15 is 0 Å². The summed E-state index contributed by atoms with van der Waals surface area (Å²) in [5.41, 5.74) is 2.36. The van der Waals surface area contributed by atoms with Gasteiger partial charge in [0, 0.05) is 19.8 Å². The standard InChI is InChI=1S/C13H19NO2/c1-4-11-5-7-12(8-6-11)14(2)9-13(15)10-16-3/h5-8H,4,9-10H2,1-3H3. The minimum atomic E-state index is 0.0876. The van der Waals surface area contributed by atoms with Crippen molar-refractivity contribution >= 4 is 11.5 Å². The van der Waals surface area contributed by atoms with Gasteiger partial charge < -0.3 is 9.64 Å². The lowest BCUT2D eigenvalue weighted by Gasteiger charge is -2.18. The van der Waals surface area contributed by atoms with Crippen LogP contribution in [-0.4, -0.2) is 33.1 Å². The highest BCUT2D eigenvalue weighted by Gasteiger charge is 2.06. The molecule has 0 saturated heterocycles. The Bertz CT molecular complexity index is 332. The zero-order valence-electron chi connectivity index (χ0n) is 10.2. The minimum absolute atomic E-state index is 0.0876. The lowest BCUT2D eigenvalue weighted by Crippen LogP contribution is -2.27. The topological polar surface area (TPSA) is 29.5 Å². The summed E-state index contributed by atoms with van der Waals surface area (Å²) >= 11 is 0. The van der Waals surface area contributed by atoms with Gasteiger partial charge in [0.05, 0.1) is 6.54 Å². The Kier molecular flexibility index (Phi) is 4.99. The summed E-state index contributed by atoms with van der Waals surface area (Å²) in [6.45, 7) is 2.69. The summed E-state index contributed by atoms with van der Waals surface area (Å²) in [4.78, 5) is 13.3. The number of aryl methyl sites for hydroxylation is 1. The van der Waals surface area contributed by atoms with Crippen LogP contribution in [-0.2, 0) is 16.0 Å². The number of hydrogen-bond donors (Lipinski definition) is 0. The summed E-state index contributed by atoms with van der Waals surface area (Å²) in [5.74, 6) is 0.0876. The van der Waals surface area contributed by atoms with Gasteiger partial charge in [0.1, 0.15) is 6.61 Å². The molecule has 0 fully saturated rings. The van der Waals surface area contributed by atoms with Crippen LogP contribution < -0.4 is 4.90 Å². The fourth-order valence-corrected chi connectivity index (χ4v) is 1.55. The molecule has 0 aliphatic heterocycles. The van der Waals surface area contributed by atoms with Crippen LogP contribution in [0.4, 0.5) is 5.69 Å². The Morgan fingerprint density at radius 3 is 2.44 bits per heavy atom. The van der Waals surface area contributed by atoms with Crippen LogP contribution in [0.3, 0.4) is 0 Å². The molecule has 0 unspecified atom stereocenters. The lowest BCUT2D eigenvalue weighted by molar-refractivity contribution is -0.121. The number of likely N-dealkylation sites (N-methyl/N-ethyl adjacent to an activating group) is 1. The zero-order valence-corrected chi connectivity index (χ0v) is 10.2. The molecule has 1 aromatic rings. The van der Waals surface area contributed by atoms with Crippen molar-refractivity contribution in [1.82, 2.24) is 0 Å². The number of ether oxygens (including phenoxy) is 1. The second kappa shape index (κ2) is 6.28. The van der Waals surface area contributed by atoms with Crippen molar-refractivity contribution in [2.45, 2.75) is 13.3 Å². The molecule has 0 bridgehead atoms. The van der Waals surface area contributed by atoms with Crippen molar-refractivity contribution in [3.8, 4) is 0 Å². The summed E-state index contributed by atoms with van der Waals surface area (Å²) < 4.78 is 4.80. The average Bonchev–Trinajstić information content (AvgIpc) is 2.29. The molecule has 88 valence electrons. The maximum atomic E-state index is 11.4. The first-order valence-electron chi connectivity index (χ1n) is 5.48. The van der Waals surface area contributed by atoms with Crippen molar-refractivity contribution < 1.29 is 9.53 Å². The highest BCUT2D eigenvalue weighted by molar-refractivity contribution is 5.84. The lowest BCUT2D eigenvalue weighted by atomic mass is 10.1. The first kappa shape index (κ1) is 12.7. The van der Waals surface area contributed by atoms with Crippen LogP contribution in [0.2, 0.25) is 0 Å². The number of Topliss-reactive ketones (excluding diaryl/α,β-unsaturated/α-hetero) is 1. The van der Waals surface area contributed by atoms with Gasteiger partial charge in [-0.25, -0.2) is 0 Å². The van der Waals surface area contributed by atoms with Crippen molar-refractivity contribution in [1.29, 1.82) is 0 Å². The first-order chi connectivity index (χ1) is 7.67. The van der Waals surface area contributed by atoms with Gasteiger partial charge in [0.25, 0.3) is 0 Å². The van der Waals surface area contributed by atoms with Gasteiger partial charge in [0.2, 0.25) is 0 Å². The molecule has 0 saturated carbocycles. The van der Waals surface area contributed by atoms with Crippen LogP contribution in [0.15, 0.2) is 24.3 Å². The van der Waals surface area contributed by atoms with E-state index in [0.29, 0.717) is 6.54 Å². The largest absolute Gasteiger partial charge is 0.377 e. The van der Waals surface area contributed by atoms with Gasteiger partial charge >= 0.3 is 0 Å². The second-order valence-corrected chi connectivity index (χ2v) is 3.85. The second-order valence-electron chi connectivity index (χ2n) is 3.85. The smallest absolute Gasteiger partial charge is 0.177 e. The Morgan fingerprint density at radius 1 is 1.31 bits per heavy atom. The van der Waals surface area contributed by atoms with Crippen molar-refractivity contribution in [2.75, 3.05) is 32.2 Å². The van der Waals surface area contributed by atoms with Crippen molar-refractivity contribution in [3.63, 3.8) is 0 Å². The molecule has 0 aliphatic carbocycles. The van der Waals surface area contributed by atoms with Crippen LogP contribution in [0.5, 0.6) is 0 Å². The molecule has 3 heteroatoms. The third-order valence-corrected chi connectivity index (χ3v) is 2.50. The van der Waals surface area contributed by atoms with Gasteiger partial charge in [-0.05, 0) is 24.1 Å². The third kappa shape index (κ3) is 3.66. The van der Waals surface area contributed by atoms with Crippen LogP contribution >= 0.6 is 0 Å². The molecule has 0 radical (unpaired) electrons. The monoisotopic (exact) mass is 221 g/mol. The fraction of sp³-hybridized carbons (Fsp3) is 0.462. The number of anilines is 1. The predicted octanol–water partition coefficient (Wildman–Crippen LogP) is 1.90. The van der Waals surface area contributed by atoms with Crippen molar-refractivity contribution in [2.24, 2.45) is 0 Å². The summed E-state index contributed by atoms with van der Waals surface area (Å²) in [5, 5.41) is 0. The van der Waals surface area contributed by atoms with E-state index in [1.807, 2.05) is 24.1 Å². The number of hydrogen-bond acceptors (Lipinski definition) is 3. The number of rotatable bonds is 6. The highest BCUT2D eigenvalue weighted by Crippen LogP contribution is 2.13. The van der Waals surface area contributed by atoms with E-state index in [0.717, 1.165) is 12.1 Å². The van der Waals surface area contributed by atoms with E-state index in [1.165, 1.54) is 12.7 Å². The molecule has 3 nitrogen and oxygen atoms in total. The molecule has 1 rings (SSSR count). The van der Waals surface area contributed by atoms with Gasteiger partial charge in [-0.15, -0.1) is 0 Å². The Balaban J connectivity index is 2.58. The van der Waals surface area contributed by atoms with Gasteiger partial charge in [-0.2, -0.15) is 0 Å². The van der Waals surface area contributed by atoms with Crippen LogP contribution in [0.25, 0.3) is 0 Å².